The van der Waals surface area contributed by atoms with Gasteiger partial charge in [-0.3, -0.25) is 14.4 Å². The van der Waals surface area contributed by atoms with Crippen molar-refractivity contribution in [1.82, 2.24) is 0 Å². The summed E-state index contributed by atoms with van der Waals surface area (Å²) in [6.07, 6.45) is 6.77. The van der Waals surface area contributed by atoms with E-state index < -0.39 is 70.6 Å². The molecule has 1 aliphatic heterocycles. The Labute approximate surface area is 313 Å². The third-order valence-corrected chi connectivity index (χ3v) is 12.4. The number of allylic oxidation sites excluding steroid dienone is 4. The number of benzene rings is 1. The number of hydrogen-bond donors (Lipinski definition) is 2. The van der Waals surface area contributed by atoms with Crippen molar-refractivity contribution in [3.63, 3.8) is 0 Å². The van der Waals surface area contributed by atoms with E-state index in [1.54, 1.807) is 24.3 Å². The molecule has 5 aliphatic rings. The van der Waals surface area contributed by atoms with Gasteiger partial charge in [-0.2, -0.15) is 0 Å². The lowest BCUT2D eigenvalue weighted by molar-refractivity contribution is -0.757. The standard InChI is InChI=1S/C39H50N2O13/c1-4-7-33-53-32-20-28-27-13-10-24-19-25(42)14-15-37(24,2)34(27)30(43)21-38(28,3)39(32,54-33)31(44)22-50-36(46)52-26-11-8-23(9-12-26)18-29(40)35(45)49-16-5-6-17-51-41(47)48/h8-9,11-12,14-15,19,27-30,32-34,43H,4-7,10,13,16-18,20-22,40H2,1-3H3/t27?,28?,29?,30-,32+,33?,34?,37-,38-,39-/m0/s1. The van der Waals surface area contributed by atoms with E-state index in [0.717, 1.165) is 24.8 Å². The number of carbonyl (C=O) groups excluding carboxylic acids is 4. The van der Waals surface area contributed by atoms with Crippen molar-refractivity contribution < 1.29 is 57.9 Å². The molecule has 0 amide bonds. The molecular formula is C39H50N2O13. The maximum absolute atomic E-state index is 14.4. The first kappa shape index (κ1) is 39.5. The zero-order chi connectivity index (χ0) is 38.8. The minimum atomic E-state index is -1.44. The van der Waals surface area contributed by atoms with Gasteiger partial charge >= 0.3 is 12.1 Å². The summed E-state index contributed by atoms with van der Waals surface area (Å²) in [6, 6.07) is 5.32. The fourth-order valence-electron chi connectivity index (χ4n) is 10.0. The van der Waals surface area contributed by atoms with Crippen molar-refractivity contribution in [3.05, 3.63) is 63.7 Å². The molecule has 4 fully saturated rings. The number of nitrogens with zero attached hydrogens (tertiary/aromatic N) is 1. The molecule has 3 N–H and O–H groups in total. The van der Waals surface area contributed by atoms with Gasteiger partial charge in [-0.05, 0) is 93.1 Å². The normalized spacial score (nSPS) is 34.0. The van der Waals surface area contributed by atoms with E-state index in [2.05, 4.69) is 11.8 Å². The Bertz CT molecular complexity index is 1680. The van der Waals surface area contributed by atoms with Gasteiger partial charge in [0, 0.05) is 16.7 Å². The number of carbonyl (C=O) groups is 4. The average molecular weight is 755 g/mol. The van der Waals surface area contributed by atoms with Gasteiger partial charge in [0.05, 0.1) is 25.4 Å². The number of ketones is 2. The molecule has 54 heavy (non-hydrogen) atoms. The molecule has 0 radical (unpaired) electrons. The number of fused-ring (bicyclic) bond motifs is 7. The van der Waals surface area contributed by atoms with Crippen molar-refractivity contribution in [2.75, 3.05) is 19.8 Å². The molecule has 1 saturated heterocycles. The van der Waals surface area contributed by atoms with E-state index in [-0.39, 0.29) is 55.3 Å². The van der Waals surface area contributed by atoms with Crippen LogP contribution in [-0.4, -0.2) is 83.8 Å². The number of rotatable bonds is 15. The Morgan fingerprint density at radius 2 is 1.87 bits per heavy atom. The summed E-state index contributed by atoms with van der Waals surface area (Å²) < 4.78 is 28.9. The number of Topliss-reactive ketones (excluding diaryl/α,β-unsaturated/α-hetero) is 1. The lowest BCUT2D eigenvalue weighted by atomic mass is 9.46. The summed E-state index contributed by atoms with van der Waals surface area (Å²) in [4.78, 5) is 66.1. The number of ether oxygens (including phenoxy) is 5. The minimum absolute atomic E-state index is 0.0185. The van der Waals surface area contributed by atoms with E-state index in [1.807, 2.05) is 19.9 Å². The van der Waals surface area contributed by atoms with Crippen LogP contribution >= 0.6 is 0 Å². The van der Waals surface area contributed by atoms with Crippen LogP contribution in [-0.2, 0) is 44.6 Å². The number of nitrogens with two attached hydrogens (primary N) is 1. The van der Waals surface area contributed by atoms with Crippen molar-refractivity contribution >= 4 is 23.7 Å². The molecule has 10 atom stereocenters. The lowest BCUT2D eigenvalue weighted by Crippen LogP contribution is -2.63. The third kappa shape index (κ3) is 7.42. The second-order valence-corrected chi connectivity index (χ2v) is 15.6. The maximum Gasteiger partial charge on any atom is 0.514 e. The molecule has 0 spiro atoms. The van der Waals surface area contributed by atoms with E-state index in [9.17, 15) is 34.4 Å². The predicted molar refractivity (Wildman–Crippen MR) is 189 cm³/mol. The fourth-order valence-corrected chi connectivity index (χ4v) is 10.0. The van der Waals surface area contributed by atoms with Gasteiger partial charge in [0.25, 0.3) is 5.09 Å². The molecule has 1 heterocycles. The van der Waals surface area contributed by atoms with E-state index in [1.165, 1.54) is 12.1 Å². The van der Waals surface area contributed by atoms with Crippen LogP contribution in [0.15, 0.2) is 48.1 Å². The van der Waals surface area contributed by atoms with E-state index >= 15 is 0 Å². The van der Waals surface area contributed by atoms with Crippen molar-refractivity contribution in [2.45, 2.75) is 109 Å². The van der Waals surface area contributed by atoms with Crippen molar-refractivity contribution in [3.8, 4) is 5.75 Å². The summed E-state index contributed by atoms with van der Waals surface area (Å²) >= 11 is 0. The number of hydrogen-bond acceptors (Lipinski definition) is 14. The van der Waals surface area contributed by atoms with Crippen molar-refractivity contribution in [2.24, 2.45) is 34.3 Å². The van der Waals surface area contributed by atoms with Gasteiger partial charge in [-0.15, -0.1) is 10.1 Å². The Hall–Kier alpha value is -4.18. The summed E-state index contributed by atoms with van der Waals surface area (Å²) in [5.41, 5.74) is 4.98. The summed E-state index contributed by atoms with van der Waals surface area (Å²) in [6.45, 7) is 5.45. The van der Waals surface area contributed by atoms with Crippen LogP contribution in [0.4, 0.5) is 4.79 Å². The monoisotopic (exact) mass is 754 g/mol. The minimum Gasteiger partial charge on any atom is -0.465 e. The zero-order valence-electron chi connectivity index (χ0n) is 30.9. The predicted octanol–water partition coefficient (Wildman–Crippen LogP) is 4.34. The second-order valence-electron chi connectivity index (χ2n) is 15.6. The molecule has 5 unspecified atom stereocenters. The molecule has 294 valence electrons. The molecule has 6 rings (SSSR count). The molecule has 1 aromatic rings. The number of unbranched alkanes of at least 4 members (excludes halogenated alkanes) is 1. The van der Waals surface area contributed by atoms with Crippen LogP contribution in [0.2, 0.25) is 0 Å². The van der Waals surface area contributed by atoms with Crippen molar-refractivity contribution in [1.29, 1.82) is 0 Å². The SMILES string of the molecule is CCCC1O[C@@H]2CC3C4CCC5=CC(=O)C=C[C@]5(C)C4[C@@H](O)C[C@]3(C)[C@@]2(C(=O)COC(=O)Oc2ccc(CC(N)C(=O)OCCCCO[N+](=O)[O-])cc2)O1. The smallest absolute Gasteiger partial charge is 0.465 e. The number of aliphatic hydroxyl groups excluding tert-OH is 1. The second kappa shape index (κ2) is 15.9. The van der Waals surface area contributed by atoms with Crippen LogP contribution < -0.4 is 10.5 Å². The molecule has 4 aliphatic carbocycles. The maximum atomic E-state index is 14.4. The highest BCUT2D eigenvalue weighted by molar-refractivity contribution is 6.01. The highest BCUT2D eigenvalue weighted by Crippen LogP contribution is 2.69. The summed E-state index contributed by atoms with van der Waals surface area (Å²) in [5.74, 6) is -1.06. The third-order valence-electron chi connectivity index (χ3n) is 12.4. The highest BCUT2D eigenvalue weighted by atomic mass is 16.9. The number of aliphatic hydroxyl groups is 1. The summed E-state index contributed by atoms with van der Waals surface area (Å²) in [7, 11) is 0. The first-order chi connectivity index (χ1) is 25.7. The van der Waals surface area contributed by atoms with Crippen LogP contribution in [0.3, 0.4) is 0 Å². The van der Waals surface area contributed by atoms with Gasteiger partial charge in [0.15, 0.2) is 24.3 Å². The number of esters is 1. The quantitative estimate of drug-likeness (QED) is 0.0839. The van der Waals surface area contributed by atoms with Crippen LogP contribution in [0.25, 0.3) is 0 Å². The largest absolute Gasteiger partial charge is 0.514 e. The van der Waals surface area contributed by atoms with Gasteiger partial charge in [0.1, 0.15) is 11.8 Å². The topological polar surface area (TPSA) is 213 Å². The Balaban J connectivity index is 1.07. The Kier molecular flexibility index (Phi) is 11.6. The van der Waals surface area contributed by atoms with E-state index in [0.29, 0.717) is 31.2 Å². The molecular weight excluding hydrogens is 704 g/mol. The van der Waals surface area contributed by atoms with Gasteiger partial charge in [0.2, 0.25) is 5.78 Å². The van der Waals surface area contributed by atoms with Crippen LogP contribution in [0.1, 0.15) is 77.7 Å². The Morgan fingerprint density at radius 1 is 1.13 bits per heavy atom. The fraction of sp³-hybridized carbons (Fsp3) is 0.641. The molecule has 1 aromatic carbocycles. The zero-order valence-corrected chi connectivity index (χ0v) is 30.9. The Morgan fingerprint density at radius 3 is 2.59 bits per heavy atom. The molecule has 15 heteroatoms. The molecule has 3 saturated carbocycles. The molecule has 0 bridgehead atoms. The highest BCUT2D eigenvalue weighted by Gasteiger charge is 2.76. The average Bonchev–Trinajstić information content (AvgIpc) is 3.61. The first-order valence-electron chi connectivity index (χ1n) is 18.8. The van der Waals surface area contributed by atoms with Gasteiger partial charge < -0.3 is 39.4 Å². The first-order valence-corrected chi connectivity index (χ1v) is 18.8. The molecule has 15 nitrogen and oxygen atoms in total. The van der Waals surface area contributed by atoms with Crippen LogP contribution in [0.5, 0.6) is 5.75 Å². The summed E-state index contributed by atoms with van der Waals surface area (Å²) in [5, 5.41) is 21.2. The van der Waals surface area contributed by atoms with E-state index in [4.69, 9.17) is 29.4 Å². The molecule has 0 aromatic heterocycles. The van der Waals surface area contributed by atoms with Crippen LogP contribution in [0, 0.1) is 38.7 Å². The lowest BCUT2D eigenvalue weighted by Gasteiger charge is -2.59. The van der Waals surface area contributed by atoms with Gasteiger partial charge in [-0.25, -0.2) is 4.79 Å². The van der Waals surface area contributed by atoms with Gasteiger partial charge in [-0.1, -0.05) is 51.0 Å².